The van der Waals surface area contributed by atoms with Crippen molar-refractivity contribution in [2.24, 2.45) is 5.41 Å². The third-order valence-corrected chi connectivity index (χ3v) is 3.62. The number of hydrogen-bond donors (Lipinski definition) is 0. The van der Waals surface area contributed by atoms with E-state index in [1.807, 2.05) is 24.3 Å². The Morgan fingerprint density at radius 3 is 2.44 bits per heavy atom. The largest absolute Gasteiger partial charge is 0.493 e. The van der Waals surface area contributed by atoms with E-state index in [9.17, 15) is 5.26 Å². The third-order valence-electron chi connectivity index (χ3n) is 3.62. The van der Waals surface area contributed by atoms with Gasteiger partial charge in [0, 0.05) is 0 Å². The molecule has 0 aromatic heterocycles. The third kappa shape index (κ3) is 2.76. The first-order valence-electron chi connectivity index (χ1n) is 6.47. The van der Waals surface area contributed by atoms with Gasteiger partial charge in [-0.25, -0.2) is 0 Å². The molecular formula is C15H19NO2. The van der Waals surface area contributed by atoms with Crippen LogP contribution in [0, 0.1) is 16.7 Å². The quantitative estimate of drug-likeness (QED) is 0.814. The van der Waals surface area contributed by atoms with Crippen LogP contribution in [0.15, 0.2) is 24.3 Å². The minimum Gasteiger partial charge on any atom is -0.493 e. The molecule has 1 fully saturated rings. The summed E-state index contributed by atoms with van der Waals surface area (Å²) >= 11 is 0. The summed E-state index contributed by atoms with van der Waals surface area (Å²) in [5.74, 6) is 1.45. The van der Waals surface area contributed by atoms with Crippen LogP contribution < -0.4 is 9.47 Å². The van der Waals surface area contributed by atoms with E-state index in [0.29, 0.717) is 6.61 Å². The average molecular weight is 245 g/mol. The summed E-state index contributed by atoms with van der Waals surface area (Å²) in [5.41, 5.74) is -0.306. The normalized spacial score (nSPS) is 17.8. The lowest BCUT2D eigenvalue weighted by molar-refractivity contribution is 0.147. The van der Waals surface area contributed by atoms with E-state index < -0.39 is 0 Å². The van der Waals surface area contributed by atoms with Gasteiger partial charge < -0.3 is 9.47 Å². The molecule has 0 unspecified atom stereocenters. The first-order chi connectivity index (χ1) is 8.79. The summed E-state index contributed by atoms with van der Waals surface area (Å²) in [6, 6.07) is 10.0. The zero-order valence-electron chi connectivity index (χ0n) is 10.8. The van der Waals surface area contributed by atoms with Crippen molar-refractivity contribution in [2.45, 2.75) is 32.1 Å². The maximum Gasteiger partial charge on any atom is 0.161 e. The number of hydrogen-bond acceptors (Lipinski definition) is 3. The molecule has 0 bridgehead atoms. The summed E-state index contributed by atoms with van der Waals surface area (Å²) in [6.07, 6.45) is 5.38. The monoisotopic (exact) mass is 245 g/mol. The van der Waals surface area contributed by atoms with Crippen molar-refractivity contribution in [1.82, 2.24) is 0 Å². The van der Waals surface area contributed by atoms with Gasteiger partial charge in [0.05, 0.1) is 18.6 Å². The second kappa shape index (κ2) is 5.77. The molecule has 1 aliphatic rings. The highest BCUT2D eigenvalue weighted by molar-refractivity contribution is 5.39. The lowest BCUT2D eigenvalue weighted by atomic mass is 9.76. The maximum absolute atomic E-state index is 9.38. The minimum atomic E-state index is -0.306. The van der Waals surface area contributed by atoms with Gasteiger partial charge in [0.15, 0.2) is 11.5 Å². The molecule has 0 N–H and O–H groups in total. The second-order valence-corrected chi connectivity index (χ2v) is 4.89. The Morgan fingerprint density at radius 2 is 1.83 bits per heavy atom. The number of benzene rings is 1. The fourth-order valence-electron chi connectivity index (χ4n) is 2.47. The van der Waals surface area contributed by atoms with E-state index in [-0.39, 0.29) is 5.41 Å². The number of rotatable bonds is 4. The van der Waals surface area contributed by atoms with E-state index in [4.69, 9.17) is 9.47 Å². The van der Waals surface area contributed by atoms with Crippen LogP contribution >= 0.6 is 0 Å². The van der Waals surface area contributed by atoms with Gasteiger partial charge in [0.1, 0.15) is 6.61 Å². The molecule has 3 heteroatoms. The molecule has 1 aromatic rings. The summed E-state index contributed by atoms with van der Waals surface area (Å²) in [5, 5.41) is 9.38. The fourth-order valence-corrected chi connectivity index (χ4v) is 2.47. The molecule has 0 amide bonds. The van der Waals surface area contributed by atoms with Gasteiger partial charge in [-0.2, -0.15) is 5.26 Å². The van der Waals surface area contributed by atoms with Crippen molar-refractivity contribution >= 4 is 0 Å². The van der Waals surface area contributed by atoms with E-state index in [2.05, 4.69) is 6.07 Å². The van der Waals surface area contributed by atoms with Gasteiger partial charge in [-0.15, -0.1) is 0 Å². The van der Waals surface area contributed by atoms with Gasteiger partial charge in [0.25, 0.3) is 0 Å². The molecule has 0 atom stereocenters. The van der Waals surface area contributed by atoms with Crippen molar-refractivity contribution in [3.63, 3.8) is 0 Å². The number of methoxy groups -OCH3 is 1. The molecular weight excluding hydrogens is 226 g/mol. The Balaban J connectivity index is 2.04. The highest BCUT2D eigenvalue weighted by atomic mass is 16.5. The molecule has 2 rings (SSSR count). The predicted molar refractivity (Wildman–Crippen MR) is 69.6 cm³/mol. The molecule has 1 saturated carbocycles. The van der Waals surface area contributed by atoms with E-state index in [1.165, 1.54) is 6.42 Å². The van der Waals surface area contributed by atoms with Gasteiger partial charge in [-0.1, -0.05) is 31.4 Å². The van der Waals surface area contributed by atoms with Crippen molar-refractivity contribution < 1.29 is 9.47 Å². The Bertz CT molecular complexity index is 430. The van der Waals surface area contributed by atoms with E-state index in [1.54, 1.807) is 7.11 Å². The zero-order chi connectivity index (χ0) is 12.8. The number of nitriles is 1. The van der Waals surface area contributed by atoms with Crippen LogP contribution in [-0.2, 0) is 0 Å². The minimum absolute atomic E-state index is 0.306. The molecule has 96 valence electrons. The zero-order valence-corrected chi connectivity index (χ0v) is 10.8. The number of para-hydroxylation sites is 2. The summed E-state index contributed by atoms with van der Waals surface area (Å²) in [7, 11) is 1.63. The lowest BCUT2D eigenvalue weighted by Gasteiger charge is -2.30. The Labute approximate surface area is 108 Å². The van der Waals surface area contributed by atoms with E-state index >= 15 is 0 Å². The van der Waals surface area contributed by atoms with Gasteiger partial charge in [-0.05, 0) is 25.0 Å². The Hall–Kier alpha value is -1.69. The highest BCUT2D eigenvalue weighted by Crippen LogP contribution is 2.37. The Morgan fingerprint density at radius 1 is 1.17 bits per heavy atom. The second-order valence-electron chi connectivity index (χ2n) is 4.89. The first-order valence-corrected chi connectivity index (χ1v) is 6.47. The standard InChI is InChI=1S/C15H19NO2/c1-17-13-7-3-4-8-14(13)18-12-15(11-16)9-5-2-6-10-15/h3-4,7-8H,2,5-6,9-10,12H2,1H3. The van der Waals surface area contributed by atoms with Gasteiger partial charge >= 0.3 is 0 Å². The van der Waals surface area contributed by atoms with Crippen molar-refractivity contribution in [1.29, 1.82) is 5.26 Å². The van der Waals surface area contributed by atoms with Gasteiger partial charge in [0.2, 0.25) is 0 Å². The topological polar surface area (TPSA) is 42.2 Å². The maximum atomic E-state index is 9.38. The SMILES string of the molecule is COc1ccccc1OCC1(C#N)CCCCC1. The molecule has 1 aliphatic carbocycles. The number of ether oxygens (including phenoxy) is 2. The van der Waals surface area contributed by atoms with Crippen LogP contribution in [0.3, 0.4) is 0 Å². The lowest BCUT2D eigenvalue weighted by Crippen LogP contribution is -2.29. The first kappa shape index (κ1) is 12.8. The van der Waals surface area contributed by atoms with Crippen LogP contribution in [0.2, 0.25) is 0 Å². The van der Waals surface area contributed by atoms with Crippen molar-refractivity contribution in [3.8, 4) is 17.6 Å². The molecule has 0 saturated heterocycles. The van der Waals surface area contributed by atoms with Crippen molar-refractivity contribution in [3.05, 3.63) is 24.3 Å². The van der Waals surface area contributed by atoms with E-state index in [0.717, 1.165) is 37.2 Å². The fraction of sp³-hybridized carbons (Fsp3) is 0.533. The summed E-state index contributed by atoms with van der Waals surface area (Å²) in [4.78, 5) is 0. The van der Waals surface area contributed by atoms with Crippen LogP contribution in [0.5, 0.6) is 11.5 Å². The molecule has 0 spiro atoms. The van der Waals surface area contributed by atoms with Crippen molar-refractivity contribution in [2.75, 3.05) is 13.7 Å². The van der Waals surface area contributed by atoms with Crippen LogP contribution in [0.4, 0.5) is 0 Å². The van der Waals surface area contributed by atoms with Crippen LogP contribution in [-0.4, -0.2) is 13.7 Å². The molecule has 0 radical (unpaired) electrons. The smallest absolute Gasteiger partial charge is 0.161 e. The molecule has 0 heterocycles. The highest BCUT2D eigenvalue weighted by Gasteiger charge is 2.33. The Kier molecular flexibility index (Phi) is 4.09. The van der Waals surface area contributed by atoms with Crippen LogP contribution in [0.25, 0.3) is 0 Å². The average Bonchev–Trinajstić information content (AvgIpc) is 2.46. The predicted octanol–water partition coefficient (Wildman–Crippen LogP) is 3.55. The van der Waals surface area contributed by atoms with Gasteiger partial charge in [-0.3, -0.25) is 0 Å². The number of nitrogens with zero attached hydrogens (tertiary/aromatic N) is 1. The molecule has 3 nitrogen and oxygen atoms in total. The summed E-state index contributed by atoms with van der Waals surface area (Å²) in [6.45, 7) is 0.462. The van der Waals surface area contributed by atoms with Crippen LogP contribution in [0.1, 0.15) is 32.1 Å². The molecule has 1 aromatic carbocycles. The molecule has 18 heavy (non-hydrogen) atoms. The summed E-state index contributed by atoms with van der Waals surface area (Å²) < 4.78 is 11.1. The molecule has 0 aliphatic heterocycles.